The Labute approximate surface area is 156 Å². The Morgan fingerprint density at radius 2 is 1.92 bits per heavy atom. The van der Waals surface area contributed by atoms with Gasteiger partial charge in [0.2, 0.25) is 6.79 Å². The highest BCUT2D eigenvalue weighted by Crippen LogP contribution is 2.37. The van der Waals surface area contributed by atoms with Gasteiger partial charge in [-0.1, -0.05) is 23.7 Å². The fourth-order valence-electron chi connectivity index (χ4n) is 3.13. The Kier molecular flexibility index (Phi) is 4.01. The van der Waals surface area contributed by atoms with Crippen molar-refractivity contribution in [3.05, 3.63) is 58.1 Å². The van der Waals surface area contributed by atoms with Crippen molar-refractivity contribution >= 4 is 34.6 Å². The van der Waals surface area contributed by atoms with Crippen molar-refractivity contribution in [1.82, 2.24) is 5.01 Å². The largest absolute Gasteiger partial charge is 0.454 e. The van der Waals surface area contributed by atoms with Gasteiger partial charge in [-0.15, -0.1) is 0 Å². The fourth-order valence-corrected chi connectivity index (χ4v) is 3.47. The van der Waals surface area contributed by atoms with Crippen LogP contribution in [0, 0.1) is 0 Å². The number of ether oxygens (including phenoxy) is 2. The van der Waals surface area contributed by atoms with E-state index in [4.69, 9.17) is 44.1 Å². The number of nitrogens with two attached hydrogens (primary N) is 1. The molecule has 2 heterocycles. The predicted octanol–water partition coefficient (Wildman–Crippen LogP) is 3.31. The zero-order chi connectivity index (χ0) is 17.6. The number of fused-ring (bicyclic) bond motifs is 2. The van der Waals surface area contributed by atoms with Crippen LogP contribution in [0.4, 0.5) is 0 Å². The van der Waals surface area contributed by atoms with Crippen molar-refractivity contribution in [2.45, 2.75) is 19.4 Å². The number of nitrogens with zero attached hydrogens (tertiary/aromatic N) is 2. The normalized spacial score (nSPS) is 18.4. The highest BCUT2D eigenvalue weighted by Gasteiger charge is 2.27. The van der Waals surface area contributed by atoms with Crippen LogP contribution in [0.2, 0.25) is 5.02 Å². The van der Waals surface area contributed by atoms with E-state index in [0.29, 0.717) is 5.02 Å². The van der Waals surface area contributed by atoms with E-state index in [9.17, 15) is 0 Å². The first kappa shape index (κ1) is 16.2. The molecule has 0 radical (unpaired) electrons. The Balaban J connectivity index is 1.92. The molecule has 0 saturated heterocycles. The van der Waals surface area contributed by atoms with Gasteiger partial charge in [-0.2, -0.15) is 5.10 Å². The molecular weight excluding hydrogens is 358 g/mol. The summed E-state index contributed by atoms with van der Waals surface area (Å²) in [4.78, 5) is 0. The zero-order valence-electron chi connectivity index (χ0n) is 13.5. The summed E-state index contributed by atoms with van der Waals surface area (Å²) in [5, 5.41) is 7.37. The summed E-state index contributed by atoms with van der Waals surface area (Å²) in [5.74, 6) is 1.47. The molecule has 7 heteroatoms. The fraction of sp³-hybridized carbons (Fsp3) is 0.222. The van der Waals surface area contributed by atoms with Crippen molar-refractivity contribution in [2.75, 3.05) is 6.79 Å². The topological polar surface area (TPSA) is 60.1 Å². The van der Waals surface area contributed by atoms with Crippen molar-refractivity contribution in [1.29, 1.82) is 0 Å². The number of halogens is 1. The minimum absolute atomic E-state index is 0.0291. The third-order valence-corrected chi connectivity index (χ3v) is 4.78. The van der Waals surface area contributed by atoms with E-state index < -0.39 is 0 Å². The van der Waals surface area contributed by atoms with Gasteiger partial charge in [0.25, 0.3) is 0 Å². The lowest BCUT2D eigenvalue weighted by Crippen LogP contribution is -2.38. The van der Waals surface area contributed by atoms with Crippen LogP contribution in [0.1, 0.15) is 23.6 Å². The van der Waals surface area contributed by atoms with E-state index >= 15 is 0 Å². The van der Waals surface area contributed by atoms with Crippen LogP contribution in [0.15, 0.2) is 41.5 Å². The molecule has 2 N–H and O–H groups in total. The summed E-state index contributed by atoms with van der Waals surface area (Å²) in [6.07, 6.45) is 0.740. The van der Waals surface area contributed by atoms with Crippen LogP contribution in [-0.4, -0.2) is 28.7 Å². The number of hydrazone groups is 1. The molecule has 0 amide bonds. The van der Waals surface area contributed by atoms with Gasteiger partial charge in [-0.25, -0.2) is 5.01 Å². The van der Waals surface area contributed by atoms with Gasteiger partial charge in [0.05, 0.1) is 11.8 Å². The van der Waals surface area contributed by atoms with Crippen LogP contribution >= 0.6 is 23.8 Å². The lowest BCUT2D eigenvalue weighted by Gasteiger charge is -2.23. The maximum absolute atomic E-state index is 6.03. The summed E-state index contributed by atoms with van der Waals surface area (Å²) in [6, 6.07) is 11.6. The number of hydrogen-bond donors (Lipinski definition) is 1. The second-order valence-corrected chi connectivity index (χ2v) is 6.91. The zero-order valence-corrected chi connectivity index (χ0v) is 15.1. The Bertz CT molecular complexity index is 883. The second kappa shape index (κ2) is 6.20. The lowest BCUT2D eigenvalue weighted by atomic mass is 9.94. The Hall–Kier alpha value is -2.31. The molecule has 5 nitrogen and oxygen atoms in total. The second-order valence-electron chi connectivity index (χ2n) is 6.05. The highest BCUT2D eigenvalue weighted by atomic mass is 35.5. The third kappa shape index (κ3) is 2.92. The quantitative estimate of drug-likeness (QED) is 0.777. The van der Waals surface area contributed by atoms with Crippen LogP contribution < -0.4 is 15.2 Å². The first-order chi connectivity index (χ1) is 12.0. The van der Waals surface area contributed by atoms with Gasteiger partial charge >= 0.3 is 0 Å². The SMILES string of the molecule is C[C@@H]1Cc2cc3c(cc2C(c2ccc(Cl)cc2)=NN1C(N)=S)OCO3. The molecule has 0 saturated carbocycles. The molecule has 0 fully saturated rings. The standard InChI is InChI=1S/C18H16ClN3O2S/c1-10-6-12-7-15-16(24-9-23-15)8-14(12)17(21-22(10)18(20)25)11-2-4-13(19)5-3-11/h2-5,7-8,10H,6,9H2,1H3,(H2,20,25)/t10-/m1/s1. The van der Waals surface area contributed by atoms with Gasteiger partial charge in [0.1, 0.15) is 0 Å². The molecule has 2 aliphatic rings. The van der Waals surface area contributed by atoms with E-state index in [2.05, 4.69) is 0 Å². The predicted molar refractivity (Wildman–Crippen MR) is 101 cm³/mol. The minimum Gasteiger partial charge on any atom is -0.454 e. The maximum atomic E-state index is 6.03. The van der Waals surface area contributed by atoms with Crippen molar-refractivity contribution in [2.24, 2.45) is 10.8 Å². The Morgan fingerprint density at radius 3 is 2.60 bits per heavy atom. The summed E-state index contributed by atoms with van der Waals surface area (Å²) in [5.41, 5.74) is 9.71. The number of hydrogen-bond acceptors (Lipinski definition) is 4. The van der Waals surface area contributed by atoms with Gasteiger partial charge in [-0.05, 0) is 55.4 Å². The average Bonchev–Trinajstić information content (AvgIpc) is 2.97. The minimum atomic E-state index is 0.0291. The summed E-state index contributed by atoms with van der Waals surface area (Å²) in [6.45, 7) is 2.28. The molecule has 128 valence electrons. The van der Waals surface area contributed by atoms with Crippen molar-refractivity contribution in [3.63, 3.8) is 0 Å². The van der Waals surface area contributed by atoms with Gasteiger partial charge in [-0.3, -0.25) is 0 Å². The molecule has 2 aromatic carbocycles. The summed E-state index contributed by atoms with van der Waals surface area (Å²) < 4.78 is 11.1. The van der Waals surface area contributed by atoms with E-state index in [1.54, 1.807) is 5.01 Å². The van der Waals surface area contributed by atoms with Crippen LogP contribution in [-0.2, 0) is 6.42 Å². The molecule has 0 unspecified atom stereocenters. The number of rotatable bonds is 1. The Morgan fingerprint density at radius 1 is 1.24 bits per heavy atom. The van der Waals surface area contributed by atoms with Gasteiger partial charge in [0.15, 0.2) is 16.6 Å². The van der Waals surface area contributed by atoms with Crippen LogP contribution in [0.5, 0.6) is 11.5 Å². The molecule has 0 bridgehead atoms. The molecule has 0 spiro atoms. The van der Waals surface area contributed by atoms with E-state index in [1.807, 2.05) is 43.3 Å². The third-order valence-electron chi connectivity index (χ3n) is 4.34. The van der Waals surface area contributed by atoms with Gasteiger partial charge < -0.3 is 15.2 Å². The number of thiocarbonyl (C=S) groups is 1. The van der Waals surface area contributed by atoms with Crippen LogP contribution in [0.3, 0.4) is 0 Å². The van der Waals surface area contributed by atoms with E-state index in [0.717, 1.165) is 40.3 Å². The highest BCUT2D eigenvalue weighted by molar-refractivity contribution is 7.80. The smallest absolute Gasteiger partial charge is 0.231 e. The molecule has 1 atom stereocenters. The van der Waals surface area contributed by atoms with Crippen molar-refractivity contribution < 1.29 is 9.47 Å². The maximum Gasteiger partial charge on any atom is 0.231 e. The lowest BCUT2D eigenvalue weighted by molar-refractivity contribution is 0.174. The molecule has 4 rings (SSSR count). The number of benzene rings is 2. The van der Waals surface area contributed by atoms with E-state index in [-0.39, 0.29) is 17.9 Å². The van der Waals surface area contributed by atoms with Crippen LogP contribution in [0.25, 0.3) is 0 Å². The summed E-state index contributed by atoms with van der Waals surface area (Å²) >= 11 is 11.2. The average molecular weight is 374 g/mol. The molecule has 0 aliphatic carbocycles. The first-order valence-electron chi connectivity index (χ1n) is 7.89. The molecule has 2 aromatic rings. The van der Waals surface area contributed by atoms with Gasteiger partial charge in [0, 0.05) is 16.1 Å². The molecule has 2 aliphatic heterocycles. The molecule has 0 aromatic heterocycles. The van der Waals surface area contributed by atoms with E-state index in [1.165, 1.54) is 0 Å². The molecular formula is C18H16ClN3O2S. The molecule has 25 heavy (non-hydrogen) atoms. The first-order valence-corrected chi connectivity index (χ1v) is 8.67. The summed E-state index contributed by atoms with van der Waals surface area (Å²) in [7, 11) is 0. The monoisotopic (exact) mass is 373 g/mol. The van der Waals surface area contributed by atoms with Crippen molar-refractivity contribution in [3.8, 4) is 11.5 Å².